The molecule has 0 unspecified atom stereocenters. The first-order valence-corrected chi connectivity index (χ1v) is 9.96. The highest BCUT2D eigenvalue weighted by atomic mass is 32.2. The number of ether oxygens (including phenoxy) is 1. The van der Waals surface area contributed by atoms with Crippen LogP contribution < -0.4 is 5.32 Å². The van der Waals surface area contributed by atoms with E-state index in [-0.39, 0.29) is 12.5 Å². The fourth-order valence-corrected chi connectivity index (χ4v) is 3.99. The number of hydrogen-bond acceptors (Lipinski definition) is 7. The third kappa shape index (κ3) is 6.38. The lowest BCUT2D eigenvalue weighted by atomic mass is 10.1. The Kier molecular flexibility index (Phi) is 7.99. The molecule has 0 saturated heterocycles. The number of esters is 1. The molecular formula is C17H21N3O4S2. The average molecular weight is 396 g/mol. The molecule has 1 aromatic carbocycles. The molecule has 0 atom stereocenters. The number of amides is 2. The number of aliphatic imine (C=N–C) groups is 1. The third-order valence-corrected chi connectivity index (χ3v) is 5.72. The summed E-state index contributed by atoms with van der Waals surface area (Å²) in [5.74, 6) is 0.297. The summed E-state index contributed by atoms with van der Waals surface area (Å²) in [4.78, 5) is 41.2. The van der Waals surface area contributed by atoms with Crippen LogP contribution in [0.15, 0.2) is 29.3 Å². The molecule has 1 N–H and O–H groups in total. The fourth-order valence-electron chi connectivity index (χ4n) is 1.98. The van der Waals surface area contributed by atoms with Crippen LogP contribution in [0.1, 0.15) is 15.9 Å². The van der Waals surface area contributed by atoms with Crippen LogP contribution in [0.25, 0.3) is 0 Å². The lowest BCUT2D eigenvalue weighted by molar-refractivity contribution is -0.131. The molecule has 0 saturated carbocycles. The summed E-state index contributed by atoms with van der Waals surface area (Å²) in [6.07, 6.45) is 0. The van der Waals surface area contributed by atoms with Crippen molar-refractivity contribution in [2.45, 2.75) is 5.75 Å². The van der Waals surface area contributed by atoms with E-state index in [0.717, 1.165) is 22.2 Å². The van der Waals surface area contributed by atoms with Gasteiger partial charge in [-0.1, -0.05) is 41.7 Å². The van der Waals surface area contributed by atoms with Gasteiger partial charge in [-0.15, -0.1) is 0 Å². The Bertz CT molecular complexity index is 707. The zero-order chi connectivity index (χ0) is 18.9. The molecule has 0 aliphatic carbocycles. The Labute approximate surface area is 160 Å². The number of hydrogen-bond donors (Lipinski definition) is 1. The summed E-state index contributed by atoms with van der Waals surface area (Å²) in [5.41, 5.74) is 1.27. The Balaban J connectivity index is 1.84. The van der Waals surface area contributed by atoms with Crippen LogP contribution >= 0.6 is 23.5 Å². The Morgan fingerprint density at radius 1 is 1.31 bits per heavy atom. The van der Waals surface area contributed by atoms with E-state index in [9.17, 15) is 14.4 Å². The first-order chi connectivity index (χ1) is 12.5. The van der Waals surface area contributed by atoms with Crippen LogP contribution in [-0.2, 0) is 20.1 Å². The molecule has 2 rings (SSSR count). The second-order valence-electron chi connectivity index (χ2n) is 5.58. The molecule has 1 aliphatic rings. The van der Waals surface area contributed by atoms with Crippen molar-refractivity contribution in [3.05, 3.63) is 35.4 Å². The Morgan fingerprint density at radius 3 is 2.77 bits per heavy atom. The molecular weight excluding hydrogens is 374 g/mol. The summed E-state index contributed by atoms with van der Waals surface area (Å²) in [6.45, 7) is 0.280. The summed E-state index contributed by atoms with van der Waals surface area (Å²) in [5, 5.41) is 2.42. The molecule has 0 bridgehead atoms. The minimum atomic E-state index is -0.559. The fraction of sp³-hybridized carbons (Fsp3) is 0.412. The minimum absolute atomic E-state index is 0.129. The van der Waals surface area contributed by atoms with E-state index in [2.05, 4.69) is 10.3 Å². The van der Waals surface area contributed by atoms with Gasteiger partial charge < -0.3 is 15.0 Å². The van der Waals surface area contributed by atoms with Crippen LogP contribution in [0.4, 0.5) is 0 Å². The summed E-state index contributed by atoms with van der Waals surface area (Å²) >= 11 is 3.30. The Morgan fingerprint density at radius 2 is 2.08 bits per heavy atom. The molecule has 2 amide bonds. The van der Waals surface area contributed by atoms with E-state index in [0.29, 0.717) is 11.3 Å². The molecule has 26 heavy (non-hydrogen) atoms. The van der Waals surface area contributed by atoms with Crippen molar-refractivity contribution in [3.63, 3.8) is 0 Å². The van der Waals surface area contributed by atoms with Gasteiger partial charge in [0.05, 0.1) is 18.7 Å². The van der Waals surface area contributed by atoms with Crippen molar-refractivity contribution in [3.8, 4) is 0 Å². The highest BCUT2D eigenvalue weighted by molar-refractivity contribution is 8.38. The van der Waals surface area contributed by atoms with Gasteiger partial charge in [-0.3, -0.25) is 14.6 Å². The van der Waals surface area contributed by atoms with Gasteiger partial charge in [0.15, 0.2) is 6.61 Å². The van der Waals surface area contributed by atoms with Gasteiger partial charge in [-0.2, -0.15) is 0 Å². The average Bonchev–Trinajstić information content (AvgIpc) is 3.16. The van der Waals surface area contributed by atoms with E-state index in [1.807, 2.05) is 12.1 Å². The standard InChI is InChI=1S/C17H21N3O4S2/c1-20(2)15(22)9-19-14(21)10-24-16(23)13-6-4-3-5-12(13)11-26-17-18-7-8-25-17/h3-6H,7-11H2,1-2H3,(H,19,21). The number of rotatable bonds is 7. The van der Waals surface area contributed by atoms with E-state index >= 15 is 0 Å². The number of benzene rings is 1. The van der Waals surface area contributed by atoms with Crippen molar-refractivity contribution in [2.75, 3.05) is 39.5 Å². The third-order valence-electron chi connectivity index (χ3n) is 3.42. The number of likely N-dealkylation sites (N-methyl/N-ethyl adjacent to an activating group) is 1. The molecule has 7 nitrogen and oxygen atoms in total. The zero-order valence-electron chi connectivity index (χ0n) is 14.7. The van der Waals surface area contributed by atoms with E-state index in [4.69, 9.17) is 4.74 Å². The van der Waals surface area contributed by atoms with E-state index < -0.39 is 18.5 Å². The number of thioether (sulfide) groups is 2. The van der Waals surface area contributed by atoms with Crippen LogP contribution in [0.2, 0.25) is 0 Å². The highest BCUT2D eigenvalue weighted by Crippen LogP contribution is 2.26. The molecule has 0 spiro atoms. The number of carbonyl (C=O) groups excluding carboxylic acids is 3. The molecule has 1 aliphatic heterocycles. The highest BCUT2D eigenvalue weighted by Gasteiger charge is 2.16. The van der Waals surface area contributed by atoms with Gasteiger partial charge in [0.1, 0.15) is 4.38 Å². The van der Waals surface area contributed by atoms with Gasteiger partial charge in [0, 0.05) is 25.6 Å². The zero-order valence-corrected chi connectivity index (χ0v) is 16.3. The molecule has 9 heteroatoms. The van der Waals surface area contributed by atoms with Crippen molar-refractivity contribution in [2.24, 2.45) is 4.99 Å². The van der Waals surface area contributed by atoms with Crippen LogP contribution in [0, 0.1) is 0 Å². The van der Waals surface area contributed by atoms with Crippen molar-refractivity contribution in [1.82, 2.24) is 10.2 Å². The van der Waals surface area contributed by atoms with Gasteiger partial charge in [-0.05, 0) is 11.6 Å². The SMILES string of the molecule is CN(C)C(=O)CNC(=O)COC(=O)c1ccccc1CSC1=NCCS1. The number of carbonyl (C=O) groups is 3. The van der Waals surface area contributed by atoms with Crippen molar-refractivity contribution in [1.29, 1.82) is 0 Å². The maximum atomic E-state index is 12.3. The van der Waals surface area contributed by atoms with Crippen molar-refractivity contribution < 1.29 is 19.1 Å². The summed E-state index contributed by atoms with van der Waals surface area (Å²) < 4.78 is 6.10. The molecule has 0 radical (unpaired) electrons. The lowest BCUT2D eigenvalue weighted by Crippen LogP contribution is -2.38. The summed E-state index contributed by atoms with van der Waals surface area (Å²) in [7, 11) is 3.19. The maximum absolute atomic E-state index is 12.3. The second-order valence-corrected chi connectivity index (χ2v) is 7.89. The van der Waals surface area contributed by atoms with E-state index in [1.54, 1.807) is 49.8 Å². The normalized spacial score (nSPS) is 13.1. The lowest BCUT2D eigenvalue weighted by Gasteiger charge is -2.12. The van der Waals surface area contributed by atoms with Gasteiger partial charge in [0.25, 0.3) is 5.91 Å². The molecule has 1 heterocycles. The smallest absolute Gasteiger partial charge is 0.338 e. The molecule has 1 aromatic rings. The van der Waals surface area contributed by atoms with E-state index in [1.165, 1.54) is 4.90 Å². The number of nitrogens with one attached hydrogen (secondary N) is 1. The monoisotopic (exact) mass is 395 g/mol. The van der Waals surface area contributed by atoms with Crippen molar-refractivity contribution >= 4 is 45.7 Å². The van der Waals surface area contributed by atoms with Gasteiger partial charge in [-0.25, -0.2) is 4.79 Å². The topological polar surface area (TPSA) is 88.1 Å². The van der Waals surface area contributed by atoms with Crippen LogP contribution in [-0.4, -0.2) is 66.6 Å². The van der Waals surface area contributed by atoms with Crippen LogP contribution in [0.3, 0.4) is 0 Å². The Hall–Kier alpha value is -2.00. The van der Waals surface area contributed by atoms with Gasteiger partial charge >= 0.3 is 5.97 Å². The maximum Gasteiger partial charge on any atom is 0.338 e. The molecule has 140 valence electrons. The molecule has 0 aromatic heterocycles. The second kappa shape index (κ2) is 10.2. The predicted octanol–water partition coefficient (Wildman–Crippen LogP) is 1.38. The summed E-state index contributed by atoms with van der Waals surface area (Å²) in [6, 6.07) is 7.15. The van der Waals surface area contributed by atoms with Gasteiger partial charge in [0.2, 0.25) is 5.91 Å². The van der Waals surface area contributed by atoms with Crippen LogP contribution in [0.5, 0.6) is 0 Å². The minimum Gasteiger partial charge on any atom is -0.452 e. The predicted molar refractivity (Wildman–Crippen MR) is 104 cm³/mol. The number of nitrogens with zero attached hydrogens (tertiary/aromatic N) is 2. The first-order valence-electron chi connectivity index (χ1n) is 7.99. The first kappa shape index (κ1) is 20.3. The quantitative estimate of drug-likeness (QED) is 0.702. The largest absolute Gasteiger partial charge is 0.452 e. The molecule has 0 fully saturated rings.